The lowest BCUT2D eigenvalue weighted by atomic mass is 10.2. The number of benzene rings is 1. The summed E-state index contributed by atoms with van der Waals surface area (Å²) in [5.41, 5.74) is -0.499. The quantitative estimate of drug-likeness (QED) is 0.217. The molecule has 1 amide bonds. The van der Waals surface area contributed by atoms with Crippen LogP contribution in [0.4, 0.5) is 9.18 Å². The van der Waals surface area contributed by atoms with E-state index in [1.54, 1.807) is 19.2 Å². The molecule has 0 heterocycles. The molecule has 1 rings (SSSR count). The second kappa shape index (κ2) is 13.4. The number of nitrogens with zero attached hydrogens (tertiary/aromatic N) is 1. The fourth-order valence-corrected chi connectivity index (χ4v) is 2.05. The van der Waals surface area contributed by atoms with Gasteiger partial charge in [0.1, 0.15) is 23.3 Å². The molecule has 0 fully saturated rings. The molecular weight excluding hydrogens is 478 g/mol. The normalized spacial score (nSPS) is 12.4. The molecule has 7 nitrogen and oxygen atoms in total. The van der Waals surface area contributed by atoms with E-state index >= 15 is 0 Å². The minimum atomic E-state index is -0.499. The third-order valence-corrected chi connectivity index (χ3v) is 3.25. The molecule has 1 aromatic carbocycles. The van der Waals surface area contributed by atoms with Gasteiger partial charge in [-0.15, -0.1) is 24.0 Å². The van der Waals surface area contributed by atoms with Gasteiger partial charge < -0.3 is 25.4 Å². The van der Waals surface area contributed by atoms with Gasteiger partial charge in [-0.05, 0) is 58.4 Å². The Morgan fingerprint density at radius 1 is 1.14 bits per heavy atom. The van der Waals surface area contributed by atoms with Crippen LogP contribution in [0.15, 0.2) is 29.3 Å². The summed E-state index contributed by atoms with van der Waals surface area (Å²) in [6.07, 6.45) is 0.182. The van der Waals surface area contributed by atoms with Gasteiger partial charge in [0.05, 0.1) is 6.54 Å². The predicted octanol–water partition coefficient (Wildman–Crippen LogP) is 3.29. The first kappa shape index (κ1) is 26.2. The second-order valence-electron chi connectivity index (χ2n) is 7.04. The smallest absolute Gasteiger partial charge is 0.407 e. The van der Waals surface area contributed by atoms with Gasteiger partial charge in [0.25, 0.3) is 0 Å². The molecule has 0 bridgehead atoms. The summed E-state index contributed by atoms with van der Waals surface area (Å²) in [6, 6.07) is 5.91. The average molecular weight is 510 g/mol. The molecule has 0 radical (unpaired) electrons. The van der Waals surface area contributed by atoms with E-state index in [0.717, 1.165) is 6.42 Å². The standard InChI is InChI=1S/C19H31FN4O3.HI/c1-14(26-16-9-7-15(20)8-10-16)13-24-17(21-5)22-11-6-12-23-18(25)27-19(2,3)4;/h7-10,14H,6,11-13H2,1-5H3,(H,23,25)(H2,21,22,24);1H. The van der Waals surface area contributed by atoms with Crippen molar-refractivity contribution in [3.63, 3.8) is 0 Å². The molecule has 0 aliphatic carbocycles. The molecule has 0 saturated heterocycles. The summed E-state index contributed by atoms with van der Waals surface area (Å²) in [5, 5.41) is 9.02. The second-order valence-corrected chi connectivity index (χ2v) is 7.04. The fraction of sp³-hybridized carbons (Fsp3) is 0.579. The Labute approximate surface area is 183 Å². The van der Waals surface area contributed by atoms with E-state index in [0.29, 0.717) is 31.3 Å². The maximum atomic E-state index is 12.9. The maximum Gasteiger partial charge on any atom is 0.407 e. The van der Waals surface area contributed by atoms with E-state index < -0.39 is 11.7 Å². The van der Waals surface area contributed by atoms with Crippen molar-refractivity contribution in [2.24, 2.45) is 4.99 Å². The third-order valence-electron chi connectivity index (χ3n) is 3.25. The van der Waals surface area contributed by atoms with E-state index in [1.807, 2.05) is 27.7 Å². The number of nitrogens with one attached hydrogen (secondary N) is 3. The number of ether oxygens (including phenoxy) is 2. The zero-order chi connectivity index (χ0) is 20.3. The minimum Gasteiger partial charge on any atom is -0.489 e. The molecule has 0 aromatic heterocycles. The number of aliphatic imine (C=N–C) groups is 1. The van der Waals surface area contributed by atoms with Gasteiger partial charge in [-0.2, -0.15) is 0 Å². The summed E-state index contributed by atoms with van der Waals surface area (Å²) in [6.45, 7) is 9.06. The molecule has 0 saturated carbocycles. The highest BCUT2D eigenvalue weighted by atomic mass is 127. The largest absolute Gasteiger partial charge is 0.489 e. The first-order valence-electron chi connectivity index (χ1n) is 9.03. The topological polar surface area (TPSA) is 84.0 Å². The van der Waals surface area contributed by atoms with Crippen LogP contribution in [0.25, 0.3) is 0 Å². The lowest BCUT2D eigenvalue weighted by molar-refractivity contribution is 0.0527. The Hall–Kier alpha value is -1.78. The molecule has 1 unspecified atom stereocenters. The summed E-state index contributed by atoms with van der Waals surface area (Å²) in [5.74, 6) is 0.961. The number of hydrogen-bond donors (Lipinski definition) is 3. The van der Waals surface area contributed by atoms with E-state index in [4.69, 9.17) is 9.47 Å². The van der Waals surface area contributed by atoms with E-state index in [9.17, 15) is 9.18 Å². The SMILES string of the molecule is CN=C(NCCCNC(=O)OC(C)(C)C)NCC(C)Oc1ccc(F)cc1.I. The van der Waals surface area contributed by atoms with Crippen LogP contribution in [0.2, 0.25) is 0 Å². The number of hydrogen-bond acceptors (Lipinski definition) is 4. The molecule has 0 spiro atoms. The van der Waals surface area contributed by atoms with Crippen molar-refractivity contribution < 1.29 is 18.7 Å². The van der Waals surface area contributed by atoms with Crippen LogP contribution < -0.4 is 20.7 Å². The van der Waals surface area contributed by atoms with Crippen molar-refractivity contribution in [3.8, 4) is 5.75 Å². The number of amides is 1. The van der Waals surface area contributed by atoms with Gasteiger partial charge in [0.2, 0.25) is 0 Å². The molecule has 9 heteroatoms. The van der Waals surface area contributed by atoms with Crippen LogP contribution in [-0.4, -0.2) is 50.4 Å². The molecule has 1 aromatic rings. The van der Waals surface area contributed by atoms with Crippen LogP contribution in [0.1, 0.15) is 34.1 Å². The van der Waals surface area contributed by atoms with Crippen LogP contribution in [0.3, 0.4) is 0 Å². The lowest BCUT2D eigenvalue weighted by Gasteiger charge is -2.20. The first-order chi connectivity index (χ1) is 12.7. The molecule has 0 aliphatic heterocycles. The molecule has 3 N–H and O–H groups in total. The summed E-state index contributed by atoms with van der Waals surface area (Å²) < 4.78 is 23.8. The van der Waals surface area contributed by atoms with Gasteiger partial charge in [-0.1, -0.05) is 0 Å². The van der Waals surface area contributed by atoms with Crippen molar-refractivity contribution in [3.05, 3.63) is 30.1 Å². The highest BCUT2D eigenvalue weighted by Crippen LogP contribution is 2.12. The number of halogens is 2. The summed E-state index contributed by atoms with van der Waals surface area (Å²) >= 11 is 0. The molecule has 1 atom stereocenters. The fourth-order valence-electron chi connectivity index (χ4n) is 2.05. The van der Waals surface area contributed by atoms with E-state index in [2.05, 4.69) is 20.9 Å². The number of guanidine groups is 1. The highest BCUT2D eigenvalue weighted by Gasteiger charge is 2.15. The Kier molecular flexibility index (Phi) is 12.6. The van der Waals surface area contributed by atoms with E-state index in [1.165, 1.54) is 12.1 Å². The molecule has 160 valence electrons. The first-order valence-corrected chi connectivity index (χ1v) is 9.03. The summed E-state index contributed by atoms with van der Waals surface area (Å²) in [4.78, 5) is 15.7. The van der Waals surface area contributed by atoms with Crippen molar-refractivity contribution in [2.75, 3.05) is 26.7 Å². The van der Waals surface area contributed by atoms with Gasteiger partial charge >= 0.3 is 6.09 Å². The van der Waals surface area contributed by atoms with Crippen LogP contribution >= 0.6 is 24.0 Å². The highest BCUT2D eigenvalue weighted by molar-refractivity contribution is 14.0. The lowest BCUT2D eigenvalue weighted by Crippen LogP contribution is -2.42. The number of carbonyl (C=O) groups excluding carboxylic acids is 1. The van der Waals surface area contributed by atoms with Gasteiger partial charge in [0, 0.05) is 20.1 Å². The Balaban J connectivity index is 0.00000729. The Morgan fingerprint density at radius 3 is 2.32 bits per heavy atom. The number of alkyl carbamates (subject to hydrolysis) is 1. The maximum absolute atomic E-state index is 12.9. The average Bonchev–Trinajstić information content (AvgIpc) is 2.57. The van der Waals surface area contributed by atoms with Crippen LogP contribution in [0.5, 0.6) is 5.75 Å². The molecule has 0 aliphatic rings. The van der Waals surface area contributed by atoms with Crippen molar-refractivity contribution >= 4 is 36.0 Å². The van der Waals surface area contributed by atoms with Crippen molar-refractivity contribution in [1.82, 2.24) is 16.0 Å². The number of carbonyl (C=O) groups is 1. The van der Waals surface area contributed by atoms with Crippen LogP contribution in [0, 0.1) is 5.82 Å². The monoisotopic (exact) mass is 510 g/mol. The van der Waals surface area contributed by atoms with Gasteiger partial charge in [-0.25, -0.2) is 9.18 Å². The van der Waals surface area contributed by atoms with Crippen molar-refractivity contribution in [1.29, 1.82) is 0 Å². The zero-order valence-corrected chi connectivity index (χ0v) is 19.5. The van der Waals surface area contributed by atoms with Gasteiger partial charge in [0.15, 0.2) is 5.96 Å². The van der Waals surface area contributed by atoms with E-state index in [-0.39, 0.29) is 35.9 Å². The molecule has 28 heavy (non-hydrogen) atoms. The molecular formula is C19H32FIN4O3. The third kappa shape index (κ3) is 12.6. The predicted molar refractivity (Wildman–Crippen MR) is 120 cm³/mol. The zero-order valence-electron chi connectivity index (χ0n) is 17.2. The van der Waals surface area contributed by atoms with Crippen molar-refractivity contribution in [2.45, 2.75) is 45.8 Å². The number of rotatable bonds is 8. The Bertz CT molecular complexity index is 606. The van der Waals surface area contributed by atoms with Crippen LogP contribution in [-0.2, 0) is 4.74 Å². The minimum absolute atomic E-state index is 0. The summed E-state index contributed by atoms with van der Waals surface area (Å²) in [7, 11) is 1.68. The Morgan fingerprint density at radius 2 is 1.75 bits per heavy atom. The van der Waals surface area contributed by atoms with Gasteiger partial charge in [-0.3, -0.25) is 4.99 Å².